The average Bonchev–Trinajstić information content (AvgIpc) is 2.97. The summed E-state index contributed by atoms with van der Waals surface area (Å²) in [4.78, 5) is 23.1. The topological polar surface area (TPSA) is 79.5 Å². The van der Waals surface area contributed by atoms with Crippen LogP contribution in [-0.4, -0.2) is 17.0 Å². The summed E-state index contributed by atoms with van der Waals surface area (Å²) in [5, 5.41) is 11.6. The first-order valence-corrected chi connectivity index (χ1v) is 7.58. The Kier molecular flexibility index (Phi) is 4.89. The third-order valence-corrected chi connectivity index (χ3v) is 3.65. The highest BCUT2D eigenvalue weighted by molar-refractivity contribution is 6.03. The van der Waals surface area contributed by atoms with Crippen molar-refractivity contribution >= 4 is 17.6 Å². The second-order valence-corrected chi connectivity index (χ2v) is 6.08. The van der Waals surface area contributed by atoms with Gasteiger partial charge in [-0.15, -0.1) is 0 Å². The Balaban J connectivity index is 2.27. The molecule has 2 N–H and O–H groups in total. The van der Waals surface area contributed by atoms with E-state index in [1.54, 1.807) is 0 Å². The van der Waals surface area contributed by atoms with Crippen LogP contribution in [0, 0.1) is 0 Å². The predicted octanol–water partition coefficient (Wildman–Crippen LogP) is 4.48. The maximum Gasteiger partial charge on any atom is 0.371 e. The summed E-state index contributed by atoms with van der Waals surface area (Å²) >= 11 is 0. The summed E-state index contributed by atoms with van der Waals surface area (Å²) in [5.41, 5.74) is 2.95. The van der Waals surface area contributed by atoms with Crippen molar-refractivity contribution in [3.8, 4) is 0 Å². The standard InChI is InChI=1S/C18H21NO4/c1-10(2)12-5-6-14(13(9-12)11(3)4)19-17(20)15-7-8-16(23-15)18(21)22/h5-11H,1-4H3,(H,19,20)(H,21,22). The molecule has 2 aromatic rings. The van der Waals surface area contributed by atoms with Crippen LogP contribution in [0.1, 0.15) is 71.8 Å². The van der Waals surface area contributed by atoms with E-state index in [-0.39, 0.29) is 17.4 Å². The molecule has 5 heteroatoms. The van der Waals surface area contributed by atoms with Crippen LogP contribution < -0.4 is 5.32 Å². The van der Waals surface area contributed by atoms with Crippen molar-refractivity contribution in [2.24, 2.45) is 0 Å². The number of carboxylic acids is 1. The Bertz CT molecular complexity index is 728. The summed E-state index contributed by atoms with van der Waals surface area (Å²) in [5.74, 6) is -1.29. The first kappa shape index (κ1) is 16.8. The molecule has 0 bridgehead atoms. The Hall–Kier alpha value is -2.56. The Morgan fingerprint density at radius 2 is 1.65 bits per heavy atom. The van der Waals surface area contributed by atoms with Gasteiger partial charge >= 0.3 is 5.97 Å². The lowest BCUT2D eigenvalue weighted by Gasteiger charge is -2.16. The van der Waals surface area contributed by atoms with Gasteiger partial charge in [0.25, 0.3) is 5.91 Å². The molecule has 5 nitrogen and oxygen atoms in total. The van der Waals surface area contributed by atoms with Crippen LogP contribution in [0.15, 0.2) is 34.7 Å². The number of benzene rings is 1. The summed E-state index contributed by atoms with van der Waals surface area (Å²) in [6.07, 6.45) is 0. The third-order valence-electron chi connectivity index (χ3n) is 3.65. The maximum atomic E-state index is 12.2. The summed E-state index contributed by atoms with van der Waals surface area (Å²) in [7, 11) is 0. The van der Waals surface area contributed by atoms with E-state index in [0.717, 1.165) is 5.56 Å². The molecule has 1 heterocycles. The fourth-order valence-corrected chi connectivity index (χ4v) is 2.29. The smallest absolute Gasteiger partial charge is 0.371 e. The molecular formula is C18H21NO4. The predicted molar refractivity (Wildman–Crippen MR) is 88.2 cm³/mol. The maximum absolute atomic E-state index is 12.2. The van der Waals surface area contributed by atoms with E-state index >= 15 is 0 Å². The summed E-state index contributed by atoms with van der Waals surface area (Å²) in [6, 6.07) is 8.58. The van der Waals surface area contributed by atoms with Crippen LogP contribution in [0.5, 0.6) is 0 Å². The quantitative estimate of drug-likeness (QED) is 0.852. The van der Waals surface area contributed by atoms with E-state index in [1.807, 2.05) is 12.1 Å². The normalized spacial score (nSPS) is 11.0. The minimum atomic E-state index is -1.20. The molecular weight excluding hydrogens is 294 g/mol. The highest BCUT2D eigenvalue weighted by Crippen LogP contribution is 2.28. The van der Waals surface area contributed by atoms with Gasteiger partial charge in [0.15, 0.2) is 5.76 Å². The fourth-order valence-electron chi connectivity index (χ4n) is 2.29. The van der Waals surface area contributed by atoms with Crippen LogP contribution in [0.4, 0.5) is 5.69 Å². The van der Waals surface area contributed by atoms with Gasteiger partial charge in [-0.2, -0.15) is 0 Å². The number of carboxylic acid groups (broad SMARTS) is 1. The Morgan fingerprint density at radius 1 is 1.00 bits per heavy atom. The van der Waals surface area contributed by atoms with Crippen LogP contribution >= 0.6 is 0 Å². The number of amides is 1. The van der Waals surface area contributed by atoms with Crippen molar-refractivity contribution in [1.29, 1.82) is 0 Å². The van der Waals surface area contributed by atoms with Crippen molar-refractivity contribution in [2.45, 2.75) is 39.5 Å². The van der Waals surface area contributed by atoms with E-state index in [4.69, 9.17) is 9.52 Å². The number of rotatable bonds is 5. The zero-order valence-electron chi connectivity index (χ0n) is 13.7. The SMILES string of the molecule is CC(C)c1ccc(NC(=O)c2ccc(C(=O)O)o2)c(C(C)C)c1. The van der Waals surface area contributed by atoms with Crippen molar-refractivity contribution in [3.63, 3.8) is 0 Å². The molecule has 1 aromatic carbocycles. The van der Waals surface area contributed by atoms with Crippen molar-refractivity contribution < 1.29 is 19.1 Å². The van der Waals surface area contributed by atoms with Gasteiger partial charge in [0.05, 0.1) is 0 Å². The first-order chi connectivity index (χ1) is 10.8. The number of hydrogen-bond donors (Lipinski definition) is 2. The number of carbonyl (C=O) groups excluding carboxylic acids is 1. The molecule has 0 aliphatic carbocycles. The van der Waals surface area contributed by atoms with Gasteiger partial charge in [0.1, 0.15) is 0 Å². The second kappa shape index (κ2) is 6.69. The summed E-state index contributed by atoms with van der Waals surface area (Å²) in [6.45, 7) is 8.36. The molecule has 122 valence electrons. The summed E-state index contributed by atoms with van der Waals surface area (Å²) < 4.78 is 5.03. The van der Waals surface area contributed by atoms with Crippen LogP contribution in [0.3, 0.4) is 0 Å². The lowest BCUT2D eigenvalue weighted by atomic mass is 9.94. The Labute approximate surface area is 135 Å². The zero-order chi connectivity index (χ0) is 17.1. The van der Waals surface area contributed by atoms with Crippen LogP contribution in [0.25, 0.3) is 0 Å². The minimum Gasteiger partial charge on any atom is -0.475 e. The molecule has 0 unspecified atom stereocenters. The molecule has 1 aromatic heterocycles. The van der Waals surface area contributed by atoms with Crippen LogP contribution in [0.2, 0.25) is 0 Å². The molecule has 0 saturated heterocycles. The number of anilines is 1. The number of hydrogen-bond acceptors (Lipinski definition) is 3. The highest BCUT2D eigenvalue weighted by atomic mass is 16.4. The van der Waals surface area contributed by atoms with Crippen LogP contribution in [-0.2, 0) is 0 Å². The molecule has 2 rings (SSSR count). The van der Waals surface area contributed by atoms with Crippen molar-refractivity contribution in [1.82, 2.24) is 0 Å². The lowest BCUT2D eigenvalue weighted by molar-refractivity contribution is 0.0660. The molecule has 0 aliphatic heterocycles. The van der Waals surface area contributed by atoms with Gasteiger partial charge in [-0.3, -0.25) is 4.79 Å². The fraction of sp³-hybridized carbons (Fsp3) is 0.333. The van der Waals surface area contributed by atoms with E-state index in [0.29, 0.717) is 11.6 Å². The van der Waals surface area contributed by atoms with Gasteiger partial charge in [0, 0.05) is 5.69 Å². The van der Waals surface area contributed by atoms with E-state index < -0.39 is 11.9 Å². The zero-order valence-corrected chi connectivity index (χ0v) is 13.7. The molecule has 0 fully saturated rings. The molecule has 0 aliphatic rings. The molecule has 0 atom stereocenters. The lowest BCUT2D eigenvalue weighted by Crippen LogP contribution is -2.13. The second-order valence-electron chi connectivity index (χ2n) is 6.08. The van der Waals surface area contributed by atoms with Gasteiger partial charge in [0.2, 0.25) is 5.76 Å². The number of furan rings is 1. The molecule has 1 amide bonds. The molecule has 0 spiro atoms. The van der Waals surface area contributed by atoms with Gasteiger partial charge in [-0.25, -0.2) is 4.79 Å². The van der Waals surface area contributed by atoms with Gasteiger partial charge in [-0.1, -0.05) is 39.8 Å². The first-order valence-electron chi connectivity index (χ1n) is 7.58. The largest absolute Gasteiger partial charge is 0.475 e. The number of nitrogens with one attached hydrogen (secondary N) is 1. The van der Waals surface area contributed by atoms with Gasteiger partial charge < -0.3 is 14.8 Å². The molecule has 0 radical (unpaired) electrons. The van der Waals surface area contributed by atoms with Crippen molar-refractivity contribution in [3.05, 3.63) is 53.0 Å². The Morgan fingerprint density at radius 3 is 2.17 bits per heavy atom. The monoisotopic (exact) mass is 315 g/mol. The average molecular weight is 315 g/mol. The molecule has 23 heavy (non-hydrogen) atoms. The number of aromatic carboxylic acids is 1. The van der Waals surface area contributed by atoms with Gasteiger partial charge in [-0.05, 0) is 41.2 Å². The van der Waals surface area contributed by atoms with E-state index in [2.05, 4.69) is 39.1 Å². The number of carbonyl (C=O) groups is 2. The van der Waals surface area contributed by atoms with E-state index in [9.17, 15) is 9.59 Å². The van der Waals surface area contributed by atoms with E-state index in [1.165, 1.54) is 17.7 Å². The van der Waals surface area contributed by atoms with Crippen molar-refractivity contribution in [2.75, 3.05) is 5.32 Å². The highest BCUT2D eigenvalue weighted by Gasteiger charge is 2.17. The third kappa shape index (κ3) is 3.80. The minimum absolute atomic E-state index is 0.0231. The molecule has 0 saturated carbocycles.